The largest absolute Gasteiger partial charge is 0.212 e. The van der Waals surface area contributed by atoms with E-state index in [4.69, 9.17) is 6.42 Å². The predicted molar refractivity (Wildman–Crippen MR) is 61.8 cm³/mol. The lowest BCUT2D eigenvalue weighted by atomic mass is 9.91. The summed E-state index contributed by atoms with van der Waals surface area (Å²) in [5.41, 5.74) is 0. The molecular formula is C11H19NO2S. The Morgan fingerprint density at radius 3 is 2.53 bits per heavy atom. The maximum Gasteiger partial charge on any atom is 0.212 e. The third kappa shape index (κ3) is 4.67. The van der Waals surface area contributed by atoms with Gasteiger partial charge < -0.3 is 0 Å². The number of sulfonamides is 1. The van der Waals surface area contributed by atoms with E-state index in [1.165, 1.54) is 6.42 Å². The normalized spacial score (nSPS) is 20.8. The first-order chi connectivity index (χ1) is 7.03. The molecule has 15 heavy (non-hydrogen) atoms. The number of terminal acetylenes is 1. The van der Waals surface area contributed by atoms with Crippen LogP contribution in [0, 0.1) is 18.3 Å². The molecule has 0 aliphatic heterocycles. The summed E-state index contributed by atoms with van der Waals surface area (Å²) >= 11 is 0. The maximum absolute atomic E-state index is 11.7. The van der Waals surface area contributed by atoms with Crippen LogP contribution in [-0.4, -0.2) is 20.2 Å². The Kier molecular flexibility index (Phi) is 4.62. The first kappa shape index (κ1) is 12.5. The molecule has 1 rings (SSSR count). The van der Waals surface area contributed by atoms with Gasteiger partial charge in [0.05, 0.1) is 11.8 Å². The lowest BCUT2D eigenvalue weighted by molar-refractivity contribution is 0.384. The van der Waals surface area contributed by atoms with E-state index in [1.807, 2.05) is 0 Å². The molecule has 1 N–H and O–H groups in total. The molecule has 0 aromatic rings. The van der Waals surface area contributed by atoms with Crippen LogP contribution < -0.4 is 4.72 Å². The van der Waals surface area contributed by atoms with E-state index in [1.54, 1.807) is 6.92 Å². The van der Waals surface area contributed by atoms with Crippen molar-refractivity contribution in [3.05, 3.63) is 0 Å². The SMILES string of the molecule is C#C[C@H](C)NS(=O)(=O)CC1CCCCC1. The highest BCUT2D eigenvalue weighted by Gasteiger charge is 2.21. The molecule has 1 atom stereocenters. The first-order valence-electron chi connectivity index (χ1n) is 5.49. The van der Waals surface area contributed by atoms with Crippen LogP contribution in [-0.2, 0) is 10.0 Å². The van der Waals surface area contributed by atoms with Crippen molar-refractivity contribution in [3.8, 4) is 12.3 Å². The van der Waals surface area contributed by atoms with E-state index in [0.29, 0.717) is 5.92 Å². The summed E-state index contributed by atoms with van der Waals surface area (Å²) in [5, 5.41) is 0. The Labute approximate surface area is 92.7 Å². The van der Waals surface area contributed by atoms with Gasteiger partial charge in [0.25, 0.3) is 0 Å². The van der Waals surface area contributed by atoms with Crippen molar-refractivity contribution in [2.24, 2.45) is 5.92 Å². The van der Waals surface area contributed by atoms with Crippen LogP contribution in [0.2, 0.25) is 0 Å². The minimum atomic E-state index is -3.19. The predicted octanol–water partition coefficient (Wildman–Crippen LogP) is 1.51. The fourth-order valence-corrected chi connectivity index (χ4v) is 3.67. The van der Waals surface area contributed by atoms with Gasteiger partial charge in [-0.15, -0.1) is 6.42 Å². The molecule has 0 aromatic carbocycles. The number of rotatable bonds is 4. The van der Waals surface area contributed by atoms with Gasteiger partial charge in [-0.1, -0.05) is 25.2 Å². The topological polar surface area (TPSA) is 46.2 Å². The third-order valence-corrected chi connectivity index (χ3v) is 4.41. The summed E-state index contributed by atoms with van der Waals surface area (Å²) in [4.78, 5) is 0. The van der Waals surface area contributed by atoms with Gasteiger partial charge in [0.2, 0.25) is 10.0 Å². The Hall–Kier alpha value is -0.530. The summed E-state index contributed by atoms with van der Waals surface area (Å²) in [6, 6.07) is -0.404. The number of hydrogen-bond acceptors (Lipinski definition) is 2. The Morgan fingerprint density at radius 2 is 2.00 bits per heavy atom. The van der Waals surface area contributed by atoms with Gasteiger partial charge in [0, 0.05) is 0 Å². The molecule has 4 heteroatoms. The molecule has 0 spiro atoms. The van der Waals surface area contributed by atoms with Crippen LogP contribution in [0.3, 0.4) is 0 Å². The summed E-state index contributed by atoms with van der Waals surface area (Å²) < 4.78 is 25.8. The molecular weight excluding hydrogens is 210 g/mol. The zero-order valence-electron chi connectivity index (χ0n) is 9.20. The minimum absolute atomic E-state index is 0.235. The standard InChI is InChI=1S/C11H19NO2S/c1-3-10(2)12-15(13,14)9-11-7-5-4-6-8-11/h1,10-12H,4-9H2,2H3/t10-/m0/s1. The molecule has 1 aliphatic carbocycles. The summed E-state index contributed by atoms with van der Waals surface area (Å²) in [6.07, 6.45) is 10.8. The molecule has 0 radical (unpaired) electrons. The Balaban J connectivity index is 2.45. The van der Waals surface area contributed by atoms with Crippen LogP contribution in [0.4, 0.5) is 0 Å². The van der Waals surface area contributed by atoms with Crippen molar-refractivity contribution < 1.29 is 8.42 Å². The van der Waals surface area contributed by atoms with Crippen LogP contribution >= 0.6 is 0 Å². The second kappa shape index (κ2) is 5.53. The van der Waals surface area contributed by atoms with Crippen LogP contribution in [0.15, 0.2) is 0 Å². The smallest absolute Gasteiger partial charge is 0.212 e. The minimum Gasteiger partial charge on any atom is -0.212 e. The van der Waals surface area contributed by atoms with Crippen molar-refractivity contribution in [2.75, 3.05) is 5.75 Å². The van der Waals surface area contributed by atoms with E-state index in [9.17, 15) is 8.42 Å². The third-order valence-electron chi connectivity index (χ3n) is 2.79. The quantitative estimate of drug-likeness (QED) is 0.743. The van der Waals surface area contributed by atoms with Crippen molar-refractivity contribution in [3.63, 3.8) is 0 Å². The van der Waals surface area contributed by atoms with Gasteiger partial charge in [0.1, 0.15) is 0 Å². The zero-order valence-corrected chi connectivity index (χ0v) is 10.0. The first-order valence-corrected chi connectivity index (χ1v) is 7.15. The lowest BCUT2D eigenvalue weighted by Crippen LogP contribution is -2.35. The van der Waals surface area contributed by atoms with Gasteiger partial charge in [-0.25, -0.2) is 13.1 Å². The van der Waals surface area contributed by atoms with E-state index in [2.05, 4.69) is 10.6 Å². The Morgan fingerprint density at radius 1 is 1.40 bits per heavy atom. The second-order valence-electron chi connectivity index (χ2n) is 4.29. The van der Waals surface area contributed by atoms with E-state index < -0.39 is 16.1 Å². The average molecular weight is 229 g/mol. The average Bonchev–Trinajstić information content (AvgIpc) is 2.17. The Bertz CT molecular complexity index is 323. The molecule has 0 aromatic heterocycles. The van der Waals surface area contributed by atoms with Crippen molar-refractivity contribution in [1.82, 2.24) is 4.72 Å². The fourth-order valence-electron chi connectivity index (χ4n) is 2.02. The van der Waals surface area contributed by atoms with E-state index in [0.717, 1.165) is 25.7 Å². The molecule has 0 amide bonds. The highest BCUT2D eigenvalue weighted by molar-refractivity contribution is 7.89. The molecule has 0 bridgehead atoms. The highest BCUT2D eigenvalue weighted by Crippen LogP contribution is 2.24. The monoisotopic (exact) mass is 229 g/mol. The molecule has 1 fully saturated rings. The molecule has 0 unspecified atom stereocenters. The van der Waals surface area contributed by atoms with Gasteiger partial charge in [-0.05, 0) is 25.7 Å². The van der Waals surface area contributed by atoms with Gasteiger partial charge >= 0.3 is 0 Å². The van der Waals surface area contributed by atoms with E-state index >= 15 is 0 Å². The number of nitrogens with one attached hydrogen (secondary N) is 1. The highest BCUT2D eigenvalue weighted by atomic mass is 32.2. The van der Waals surface area contributed by atoms with Gasteiger partial charge in [-0.3, -0.25) is 0 Å². The van der Waals surface area contributed by atoms with Crippen molar-refractivity contribution >= 4 is 10.0 Å². The lowest BCUT2D eigenvalue weighted by Gasteiger charge is -2.21. The van der Waals surface area contributed by atoms with E-state index in [-0.39, 0.29) is 5.75 Å². The maximum atomic E-state index is 11.7. The van der Waals surface area contributed by atoms with Crippen LogP contribution in [0.1, 0.15) is 39.0 Å². The van der Waals surface area contributed by atoms with Gasteiger partial charge in [-0.2, -0.15) is 0 Å². The summed E-state index contributed by atoms with van der Waals surface area (Å²) in [7, 11) is -3.19. The molecule has 3 nitrogen and oxygen atoms in total. The summed E-state index contributed by atoms with van der Waals surface area (Å²) in [5.74, 6) is 2.92. The molecule has 1 aliphatic rings. The zero-order chi connectivity index (χ0) is 11.3. The fraction of sp³-hybridized carbons (Fsp3) is 0.818. The van der Waals surface area contributed by atoms with Gasteiger partial charge in [0.15, 0.2) is 0 Å². The number of hydrogen-bond donors (Lipinski definition) is 1. The van der Waals surface area contributed by atoms with Crippen molar-refractivity contribution in [1.29, 1.82) is 0 Å². The molecule has 1 saturated carbocycles. The van der Waals surface area contributed by atoms with Crippen molar-refractivity contribution in [2.45, 2.75) is 45.1 Å². The van der Waals surface area contributed by atoms with Crippen LogP contribution in [0.5, 0.6) is 0 Å². The van der Waals surface area contributed by atoms with Crippen LogP contribution in [0.25, 0.3) is 0 Å². The molecule has 0 saturated heterocycles. The second-order valence-corrected chi connectivity index (χ2v) is 6.09. The molecule has 86 valence electrons. The molecule has 0 heterocycles. The summed E-state index contributed by atoms with van der Waals surface area (Å²) in [6.45, 7) is 1.68.